The third-order valence-electron chi connectivity index (χ3n) is 3.58. The molecule has 0 aliphatic carbocycles. The minimum Gasteiger partial charge on any atom is -0.318 e. The molecule has 0 bridgehead atoms. The highest BCUT2D eigenvalue weighted by Crippen LogP contribution is 2.15. The molecule has 1 rings (SSSR count). The first-order valence-corrected chi connectivity index (χ1v) is 7.66. The van der Waals surface area contributed by atoms with Gasteiger partial charge in [-0.05, 0) is 38.9 Å². The molecule has 1 heterocycles. The second-order valence-corrected chi connectivity index (χ2v) is 5.14. The number of nitrogens with one attached hydrogen (secondary N) is 1. The van der Waals surface area contributed by atoms with Crippen molar-refractivity contribution in [1.29, 1.82) is 0 Å². The van der Waals surface area contributed by atoms with Gasteiger partial charge in [-0.25, -0.2) is 0 Å². The summed E-state index contributed by atoms with van der Waals surface area (Å²) in [6.07, 6.45) is 5.62. The van der Waals surface area contributed by atoms with Crippen LogP contribution in [0, 0.1) is 0 Å². The molecule has 0 aromatic carbocycles. The van der Waals surface area contributed by atoms with Crippen LogP contribution in [-0.2, 0) is 6.54 Å². The van der Waals surface area contributed by atoms with E-state index in [4.69, 9.17) is 5.10 Å². The largest absolute Gasteiger partial charge is 0.318 e. The molecule has 110 valence electrons. The first-order chi connectivity index (χ1) is 9.24. The van der Waals surface area contributed by atoms with Crippen molar-refractivity contribution < 1.29 is 0 Å². The summed E-state index contributed by atoms with van der Waals surface area (Å²) in [5, 5.41) is 7.95. The summed E-state index contributed by atoms with van der Waals surface area (Å²) >= 11 is 0. The molecule has 0 fully saturated rings. The van der Waals surface area contributed by atoms with E-state index in [1.54, 1.807) is 0 Å². The number of rotatable bonds is 10. The summed E-state index contributed by atoms with van der Waals surface area (Å²) in [7, 11) is 2.01. The lowest BCUT2D eigenvalue weighted by molar-refractivity contribution is 0.263. The minimum absolute atomic E-state index is 0.547. The van der Waals surface area contributed by atoms with E-state index in [9.17, 15) is 0 Å². The molecule has 0 aliphatic heterocycles. The van der Waals surface area contributed by atoms with Crippen molar-refractivity contribution >= 4 is 0 Å². The Kier molecular flexibility index (Phi) is 7.75. The highest BCUT2D eigenvalue weighted by molar-refractivity contribution is 4.99. The van der Waals surface area contributed by atoms with Crippen LogP contribution in [0.5, 0.6) is 0 Å². The van der Waals surface area contributed by atoms with Crippen LogP contribution in [0.3, 0.4) is 0 Å². The number of nitrogens with zero attached hydrogens (tertiary/aromatic N) is 3. The van der Waals surface area contributed by atoms with Crippen molar-refractivity contribution in [2.75, 3.05) is 26.7 Å². The third-order valence-corrected chi connectivity index (χ3v) is 3.58. The van der Waals surface area contributed by atoms with Crippen LogP contribution in [0.25, 0.3) is 0 Å². The van der Waals surface area contributed by atoms with E-state index in [0.717, 1.165) is 39.0 Å². The van der Waals surface area contributed by atoms with Gasteiger partial charge in [0.1, 0.15) is 0 Å². The van der Waals surface area contributed by atoms with E-state index in [1.165, 1.54) is 12.1 Å². The maximum Gasteiger partial charge on any atom is 0.0764 e. The lowest BCUT2D eigenvalue weighted by Gasteiger charge is -2.20. The minimum atomic E-state index is 0.547. The summed E-state index contributed by atoms with van der Waals surface area (Å²) in [4.78, 5) is 2.47. The predicted molar refractivity (Wildman–Crippen MR) is 81.3 cm³/mol. The molecule has 1 aromatic heterocycles. The highest BCUT2D eigenvalue weighted by Gasteiger charge is 2.10. The van der Waals surface area contributed by atoms with Crippen LogP contribution in [0.15, 0.2) is 12.3 Å². The summed E-state index contributed by atoms with van der Waals surface area (Å²) in [5.74, 6) is 0. The molecule has 4 heteroatoms. The normalized spacial score (nSPS) is 11.7. The topological polar surface area (TPSA) is 33.1 Å². The van der Waals surface area contributed by atoms with E-state index in [2.05, 4.69) is 47.9 Å². The molecule has 0 amide bonds. The molecule has 0 saturated carbocycles. The fourth-order valence-corrected chi connectivity index (χ4v) is 2.41. The fraction of sp³-hybridized carbons (Fsp3) is 0.800. The van der Waals surface area contributed by atoms with Crippen LogP contribution >= 0.6 is 0 Å². The molecule has 0 atom stereocenters. The SMILES string of the molecule is CCCN(CCNC)Cc1ccn(C(CC)CC)n1. The Bertz CT molecular complexity index is 331. The van der Waals surface area contributed by atoms with Crippen LogP contribution < -0.4 is 5.32 Å². The number of hydrogen-bond acceptors (Lipinski definition) is 3. The van der Waals surface area contributed by atoms with Crippen molar-refractivity contribution in [3.63, 3.8) is 0 Å². The highest BCUT2D eigenvalue weighted by atomic mass is 15.3. The van der Waals surface area contributed by atoms with Crippen LogP contribution in [0.1, 0.15) is 51.8 Å². The van der Waals surface area contributed by atoms with E-state index >= 15 is 0 Å². The third kappa shape index (κ3) is 5.33. The average molecular weight is 266 g/mol. The predicted octanol–water partition coefficient (Wildman–Crippen LogP) is 2.68. The van der Waals surface area contributed by atoms with Gasteiger partial charge in [0.2, 0.25) is 0 Å². The molecular weight excluding hydrogens is 236 g/mol. The van der Waals surface area contributed by atoms with E-state index < -0.39 is 0 Å². The molecule has 1 N–H and O–H groups in total. The van der Waals surface area contributed by atoms with Crippen molar-refractivity contribution in [1.82, 2.24) is 20.0 Å². The molecule has 1 aromatic rings. The summed E-state index contributed by atoms with van der Waals surface area (Å²) in [5.41, 5.74) is 1.19. The average Bonchev–Trinajstić information content (AvgIpc) is 2.86. The zero-order chi connectivity index (χ0) is 14.1. The van der Waals surface area contributed by atoms with Gasteiger partial charge in [-0.1, -0.05) is 20.8 Å². The molecule has 0 radical (unpaired) electrons. The Hall–Kier alpha value is -0.870. The zero-order valence-corrected chi connectivity index (χ0v) is 13.0. The quantitative estimate of drug-likeness (QED) is 0.707. The molecule has 4 nitrogen and oxygen atoms in total. The Morgan fingerprint density at radius 2 is 2.00 bits per heavy atom. The van der Waals surface area contributed by atoms with Crippen molar-refractivity contribution in [2.24, 2.45) is 0 Å². The van der Waals surface area contributed by atoms with E-state index in [1.807, 2.05) is 7.05 Å². The Morgan fingerprint density at radius 3 is 2.58 bits per heavy atom. The maximum atomic E-state index is 4.74. The Balaban J connectivity index is 2.58. The molecular formula is C15H30N4. The number of likely N-dealkylation sites (N-methyl/N-ethyl adjacent to an activating group) is 1. The Morgan fingerprint density at radius 1 is 1.26 bits per heavy atom. The first kappa shape index (κ1) is 16.2. The summed E-state index contributed by atoms with van der Waals surface area (Å²) in [6.45, 7) is 10.9. The van der Waals surface area contributed by atoms with Crippen molar-refractivity contribution in [2.45, 2.75) is 52.6 Å². The van der Waals surface area contributed by atoms with Crippen molar-refractivity contribution in [3.8, 4) is 0 Å². The molecule has 0 aliphatic rings. The number of aromatic nitrogens is 2. The van der Waals surface area contributed by atoms with Gasteiger partial charge in [0.05, 0.1) is 11.7 Å². The first-order valence-electron chi connectivity index (χ1n) is 7.66. The summed E-state index contributed by atoms with van der Waals surface area (Å²) < 4.78 is 2.14. The van der Waals surface area contributed by atoms with Crippen molar-refractivity contribution in [3.05, 3.63) is 18.0 Å². The zero-order valence-electron chi connectivity index (χ0n) is 13.0. The van der Waals surface area contributed by atoms with Gasteiger partial charge >= 0.3 is 0 Å². The smallest absolute Gasteiger partial charge is 0.0764 e. The van der Waals surface area contributed by atoms with Gasteiger partial charge < -0.3 is 5.32 Å². The second-order valence-electron chi connectivity index (χ2n) is 5.14. The van der Waals surface area contributed by atoms with E-state index in [0.29, 0.717) is 6.04 Å². The standard InChI is InChI=1S/C15H30N4/c1-5-10-18(12-9-16-4)13-14-8-11-19(17-14)15(6-2)7-3/h8,11,15-16H,5-7,9-10,12-13H2,1-4H3. The molecule has 0 saturated heterocycles. The molecule has 19 heavy (non-hydrogen) atoms. The monoisotopic (exact) mass is 266 g/mol. The Labute approximate surface area is 118 Å². The van der Waals surface area contributed by atoms with Crippen LogP contribution in [0.2, 0.25) is 0 Å². The van der Waals surface area contributed by atoms with E-state index in [-0.39, 0.29) is 0 Å². The van der Waals surface area contributed by atoms with Gasteiger partial charge in [0.15, 0.2) is 0 Å². The maximum absolute atomic E-state index is 4.74. The number of hydrogen-bond donors (Lipinski definition) is 1. The van der Waals surface area contributed by atoms with Gasteiger partial charge in [-0.3, -0.25) is 9.58 Å². The molecule has 0 unspecified atom stereocenters. The lowest BCUT2D eigenvalue weighted by atomic mass is 10.2. The fourth-order valence-electron chi connectivity index (χ4n) is 2.41. The van der Waals surface area contributed by atoms with Gasteiger partial charge in [0, 0.05) is 25.8 Å². The van der Waals surface area contributed by atoms with Gasteiger partial charge in [-0.2, -0.15) is 5.10 Å². The van der Waals surface area contributed by atoms with Crippen LogP contribution in [0.4, 0.5) is 0 Å². The second kappa shape index (κ2) is 9.10. The van der Waals surface area contributed by atoms with Crippen LogP contribution in [-0.4, -0.2) is 41.4 Å². The summed E-state index contributed by atoms with van der Waals surface area (Å²) in [6, 6.07) is 2.71. The molecule has 0 spiro atoms. The van der Waals surface area contributed by atoms with Gasteiger partial charge in [-0.15, -0.1) is 0 Å². The lowest BCUT2D eigenvalue weighted by Crippen LogP contribution is -2.31. The van der Waals surface area contributed by atoms with Gasteiger partial charge in [0.25, 0.3) is 0 Å².